The van der Waals surface area contributed by atoms with E-state index in [1.54, 1.807) is 21.6 Å². The SMILES string of the molecule is CCN(CC)C(=O)[C@@H]1C[C@@H](N)CN1C(=O)c1ccc(C)n(CC)c1=O. The summed E-state index contributed by atoms with van der Waals surface area (Å²) in [7, 11) is 0. The van der Waals surface area contributed by atoms with Gasteiger partial charge in [-0.3, -0.25) is 14.4 Å². The number of aromatic nitrogens is 1. The second kappa shape index (κ2) is 7.82. The fourth-order valence-electron chi connectivity index (χ4n) is 3.45. The molecule has 0 aromatic carbocycles. The molecular formula is C18H28N4O3. The van der Waals surface area contributed by atoms with Crippen molar-refractivity contribution >= 4 is 11.8 Å². The average molecular weight is 348 g/mol. The molecule has 2 heterocycles. The van der Waals surface area contributed by atoms with Crippen LogP contribution in [0, 0.1) is 6.92 Å². The monoisotopic (exact) mass is 348 g/mol. The summed E-state index contributed by atoms with van der Waals surface area (Å²) >= 11 is 0. The van der Waals surface area contributed by atoms with Crippen LogP contribution in [0.5, 0.6) is 0 Å². The molecule has 2 N–H and O–H groups in total. The quantitative estimate of drug-likeness (QED) is 0.843. The third-order valence-electron chi connectivity index (χ3n) is 4.89. The number of nitrogens with two attached hydrogens (primary N) is 1. The molecule has 0 aliphatic carbocycles. The van der Waals surface area contributed by atoms with Gasteiger partial charge in [0.05, 0.1) is 0 Å². The molecule has 1 aromatic heterocycles. The Bertz CT molecular complexity index is 709. The van der Waals surface area contributed by atoms with Crippen LogP contribution in [0.2, 0.25) is 0 Å². The summed E-state index contributed by atoms with van der Waals surface area (Å²) in [5.74, 6) is -0.514. The Morgan fingerprint density at radius 2 is 1.88 bits per heavy atom. The molecule has 1 aliphatic rings. The molecule has 1 saturated heterocycles. The van der Waals surface area contributed by atoms with E-state index in [9.17, 15) is 14.4 Å². The van der Waals surface area contributed by atoms with E-state index in [-0.39, 0.29) is 29.6 Å². The van der Waals surface area contributed by atoms with E-state index in [1.807, 2.05) is 27.7 Å². The van der Waals surface area contributed by atoms with Crippen molar-refractivity contribution in [2.24, 2.45) is 5.73 Å². The molecule has 7 nitrogen and oxygen atoms in total. The Balaban J connectivity index is 2.37. The molecule has 138 valence electrons. The van der Waals surface area contributed by atoms with Crippen molar-refractivity contribution in [3.63, 3.8) is 0 Å². The largest absolute Gasteiger partial charge is 0.341 e. The normalized spacial score (nSPS) is 20.0. The highest BCUT2D eigenvalue weighted by atomic mass is 16.2. The van der Waals surface area contributed by atoms with Crippen molar-refractivity contribution in [2.75, 3.05) is 19.6 Å². The Kier molecular flexibility index (Phi) is 6.00. The standard InChI is InChI=1S/C18H28N4O3/c1-5-20(6-2)18(25)15-10-13(19)11-22(15)17(24)14-9-8-12(4)21(7-3)16(14)23/h8-9,13,15H,5-7,10-11,19H2,1-4H3/t13-,15+/m1/s1. The van der Waals surface area contributed by atoms with Crippen molar-refractivity contribution in [2.45, 2.75) is 52.7 Å². The van der Waals surface area contributed by atoms with Crippen LogP contribution in [0.1, 0.15) is 43.2 Å². The number of amides is 2. The van der Waals surface area contributed by atoms with Crippen LogP contribution in [0.25, 0.3) is 0 Å². The van der Waals surface area contributed by atoms with E-state index in [1.165, 1.54) is 4.90 Å². The van der Waals surface area contributed by atoms with Crippen LogP contribution in [-0.4, -0.2) is 57.9 Å². The molecule has 0 radical (unpaired) electrons. The van der Waals surface area contributed by atoms with Crippen molar-refractivity contribution in [1.29, 1.82) is 0 Å². The van der Waals surface area contributed by atoms with Gasteiger partial charge in [0.25, 0.3) is 11.5 Å². The van der Waals surface area contributed by atoms with Crippen molar-refractivity contribution in [3.8, 4) is 0 Å². The summed E-state index contributed by atoms with van der Waals surface area (Å²) in [6.45, 7) is 9.44. The number of pyridine rings is 1. The van der Waals surface area contributed by atoms with Gasteiger partial charge < -0.3 is 20.1 Å². The molecule has 1 fully saturated rings. The molecule has 25 heavy (non-hydrogen) atoms. The smallest absolute Gasteiger partial charge is 0.263 e. The minimum absolute atomic E-state index is 0.0962. The average Bonchev–Trinajstić information content (AvgIpc) is 2.97. The van der Waals surface area contributed by atoms with E-state index >= 15 is 0 Å². The Morgan fingerprint density at radius 3 is 2.44 bits per heavy atom. The Labute approximate surface area is 148 Å². The number of carbonyl (C=O) groups is 2. The number of aryl methyl sites for hydroxylation is 1. The second-order valence-electron chi connectivity index (χ2n) is 6.42. The van der Waals surface area contributed by atoms with Gasteiger partial charge >= 0.3 is 0 Å². The van der Waals surface area contributed by atoms with Gasteiger partial charge in [-0.05, 0) is 46.2 Å². The maximum absolute atomic E-state index is 13.0. The van der Waals surface area contributed by atoms with E-state index < -0.39 is 11.9 Å². The first-order chi connectivity index (χ1) is 11.8. The molecule has 2 atom stereocenters. The molecule has 0 bridgehead atoms. The molecule has 1 aromatic rings. The predicted octanol–water partition coefficient (Wildman–Crippen LogP) is 0.587. The Morgan fingerprint density at radius 1 is 1.24 bits per heavy atom. The molecule has 0 unspecified atom stereocenters. The topological polar surface area (TPSA) is 88.6 Å². The number of rotatable bonds is 5. The fourth-order valence-corrected chi connectivity index (χ4v) is 3.45. The van der Waals surface area contributed by atoms with E-state index in [2.05, 4.69) is 0 Å². The highest BCUT2D eigenvalue weighted by Crippen LogP contribution is 2.21. The zero-order valence-electron chi connectivity index (χ0n) is 15.5. The van der Waals surface area contributed by atoms with Gasteiger partial charge in [0.1, 0.15) is 11.6 Å². The van der Waals surface area contributed by atoms with Crippen molar-refractivity contribution in [3.05, 3.63) is 33.7 Å². The lowest BCUT2D eigenvalue weighted by atomic mass is 10.1. The number of likely N-dealkylation sites (tertiary alicyclic amines) is 1. The minimum atomic E-state index is -0.599. The molecule has 2 rings (SSSR count). The van der Waals surface area contributed by atoms with Gasteiger partial charge in [0.15, 0.2) is 0 Å². The van der Waals surface area contributed by atoms with Gasteiger partial charge in [-0.2, -0.15) is 0 Å². The first-order valence-electron chi connectivity index (χ1n) is 8.91. The number of hydrogen-bond donors (Lipinski definition) is 1. The third-order valence-corrected chi connectivity index (χ3v) is 4.89. The van der Waals surface area contributed by atoms with Crippen LogP contribution in [0.4, 0.5) is 0 Å². The van der Waals surface area contributed by atoms with Crippen LogP contribution in [0.15, 0.2) is 16.9 Å². The summed E-state index contributed by atoms with van der Waals surface area (Å²) in [6.07, 6.45) is 0.425. The summed E-state index contributed by atoms with van der Waals surface area (Å²) in [4.78, 5) is 41.5. The van der Waals surface area contributed by atoms with Crippen molar-refractivity contribution in [1.82, 2.24) is 14.4 Å². The summed E-state index contributed by atoms with van der Waals surface area (Å²) < 4.78 is 1.56. The third kappa shape index (κ3) is 3.61. The number of likely N-dealkylation sites (N-methyl/N-ethyl adjacent to an activating group) is 1. The van der Waals surface area contributed by atoms with Crippen LogP contribution >= 0.6 is 0 Å². The highest BCUT2D eigenvalue weighted by Gasteiger charge is 2.40. The van der Waals surface area contributed by atoms with Gasteiger partial charge in [0, 0.05) is 37.9 Å². The minimum Gasteiger partial charge on any atom is -0.341 e. The maximum Gasteiger partial charge on any atom is 0.263 e. The summed E-state index contributed by atoms with van der Waals surface area (Å²) in [5, 5.41) is 0. The lowest BCUT2D eigenvalue weighted by Crippen LogP contribution is -2.48. The zero-order valence-corrected chi connectivity index (χ0v) is 15.5. The lowest BCUT2D eigenvalue weighted by Gasteiger charge is -2.29. The van der Waals surface area contributed by atoms with Gasteiger partial charge in [-0.15, -0.1) is 0 Å². The first-order valence-corrected chi connectivity index (χ1v) is 8.91. The fraction of sp³-hybridized carbons (Fsp3) is 0.611. The second-order valence-corrected chi connectivity index (χ2v) is 6.42. The number of nitrogens with zero attached hydrogens (tertiary/aromatic N) is 3. The van der Waals surface area contributed by atoms with E-state index in [0.29, 0.717) is 26.1 Å². The van der Waals surface area contributed by atoms with Crippen LogP contribution < -0.4 is 11.3 Å². The molecule has 0 saturated carbocycles. The number of carbonyl (C=O) groups excluding carboxylic acids is 2. The molecular weight excluding hydrogens is 320 g/mol. The Hall–Kier alpha value is -2.15. The molecule has 1 aliphatic heterocycles. The zero-order chi connectivity index (χ0) is 18.7. The van der Waals surface area contributed by atoms with E-state index in [0.717, 1.165) is 5.69 Å². The summed E-state index contributed by atoms with van der Waals surface area (Å²) in [5.41, 5.74) is 6.60. The predicted molar refractivity (Wildman–Crippen MR) is 96.5 cm³/mol. The van der Waals surface area contributed by atoms with Gasteiger partial charge in [0.2, 0.25) is 5.91 Å². The summed E-state index contributed by atoms with van der Waals surface area (Å²) in [6, 6.07) is 2.45. The van der Waals surface area contributed by atoms with Gasteiger partial charge in [-0.1, -0.05) is 0 Å². The van der Waals surface area contributed by atoms with Crippen LogP contribution in [-0.2, 0) is 11.3 Å². The highest BCUT2D eigenvalue weighted by molar-refractivity contribution is 5.97. The van der Waals surface area contributed by atoms with Crippen LogP contribution in [0.3, 0.4) is 0 Å². The lowest BCUT2D eigenvalue weighted by molar-refractivity contribution is -0.134. The van der Waals surface area contributed by atoms with E-state index in [4.69, 9.17) is 5.73 Å². The first kappa shape index (κ1) is 19.2. The number of hydrogen-bond acceptors (Lipinski definition) is 4. The van der Waals surface area contributed by atoms with Gasteiger partial charge in [-0.25, -0.2) is 0 Å². The molecule has 0 spiro atoms. The van der Waals surface area contributed by atoms with Crippen molar-refractivity contribution < 1.29 is 9.59 Å². The molecule has 2 amide bonds. The maximum atomic E-state index is 13.0. The molecule has 7 heteroatoms.